The highest BCUT2D eigenvalue weighted by Gasteiger charge is 2.23. The van der Waals surface area contributed by atoms with E-state index in [-0.39, 0.29) is 18.5 Å². The van der Waals surface area contributed by atoms with E-state index in [9.17, 15) is 9.59 Å². The monoisotopic (exact) mass is 259 g/mol. The SMILES string of the molecule is CCOC(=O)C1=C(CSCCN)NC(=O)NC1. The molecule has 0 spiro atoms. The van der Waals surface area contributed by atoms with Crippen molar-refractivity contribution in [1.82, 2.24) is 10.6 Å². The Balaban J connectivity index is 2.71. The van der Waals surface area contributed by atoms with Gasteiger partial charge in [0, 0.05) is 23.7 Å². The van der Waals surface area contributed by atoms with Crippen LogP contribution >= 0.6 is 11.8 Å². The first-order valence-corrected chi connectivity index (χ1v) is 6.56. The maximum Gasteiger partial charge on any atom is 0.337 e. The Bertz CT molecular complexity index is 331. The van der Waals surface area contributed by atoms with Crippen LogP contribution in [0.2, 0.25) is 0 Å². The molecule has 2 amide bonds. The van der Waals surface area contributed by atoms with Gasteiger partial charge in [-0.15, -0.1) is 0 Å². The van der Waals surface area contributed by atoms with Crippen molar-refractivity contribution < 1.29 is 14.3 Å². The summed E-state index contributed by atoms with van der Waals surface area (Å²) in [5, 5.41) is 5.18. The van der Waals surface area contributed by atoms with E-state index in [1.165, 1.54) is 0 Å². The van der Waals surface area contributed by atoms with Crippen molar-refractivity contribution in [3.63, 3.8) is 0 Å². The summed E-state index contributed by atoms with van der Waals surface area (Å²) in [5.41, 5.74) is 6.48. The van der Waals surface area contributed by atoms with Crippen LogP contribution in [0.1, 0.15) is 6.92 Å². The van der Waals surface area contributed by atoms with Gasteiger partial charge in [0.15, 0.2) is 0 Å². The zero-order valence-electron chi connectivity index (χ0n) is 9.75. The molecule has 0 aromatic heterocycles. The highest BCUT2D eigenvalue weighted by molar-refractivity contribution is 7.99. The number of hydrogen-bond acceptors (Lipinski definition) is 5. The van der Waals surface area contributed by atoms with Crippen molar-refractivity contribution >= 4 is 23.8 Å². The molecule has 0 unspecified atom stereocenters. The van der Waals surface area contributed by atoms with Crippen molar-refractivity contribution in [3.8, 4) is 0 Å². The summed E-state index contributed by atoms with van der Waals surface area (Å²) >= 11 is 1.57. The van der Waals surface area contributed by atoms with Crippen LogP contribution in [-0.2, 0) is 9.53 Å². The molecular formula is C10H17N3O3S. The van der Waals surface area contributed by atoms with Gasteiger partial charge in [-0.05, 0) is 6.92 Å². The van der Waals surface area contributed by atoms with E-state index in [0.717, 1.165) is 5.75 Å². The smallest absolute Gasteiger partial charge is 0.337 e. The van der Waals surface area contributed by atoms with Crippen molar-refractivity contribution in [3.05, 3.63) is 11.3 Å². The summed E-state index contributed by atoms with van der Waals surface area (Å²) in [4.78, 5) is 22.8. The van der Waals surface area contributed by atoms with Gasteiger partial charge in [0.2, 0.25) is 0 Å². The number of esters is 1. The van der Waals surface area contributed by atoms with Crippen LogP contribution in [0.5, 0.6) is 0 Å². The van der Waals surface area contributed by atoms with Gasteiger partial charge in [-0.2, -0.15) is 11.8 Å². The Morgan fingerprint density at radius 3 is 3.00 bits per heavy atom. The first kappa shape index (κ1) is 13.9. The van der Waals surface area contributed by atoms with Crippen LogP contribution in [0.4, 0.5) is 4.79 Å². The molecule has 0 aliphatic carbocycles. The van der Waals surface area contributed by atoms with Crippen LogP contribution in [0.25, 0.3) is 0 Å². The molecule has 7 heteroatoms. The third-order valence-electron chi connectivity index (χ3n) is 2.08. The van der Waals surface area contributed by atoms with Crippen molar-refractivity contribution in [2.45, 2.75) is 6.92 Å². The molecule has 0 radical (unpaired) electrons. The maximum absolute atomic E-state index is 11.6. The van der Waals surface area contributed by atoms with Crippen LogP contribution in [0, 0.1) is 0 Å². The number of carbonyl (C=O) groups is 2. The molecule has 4 N–H and O–H groups in total. The maximum atomic E-state index is 11.6. The highest BCUT2D eigenvalue weighted by atomic mass is 32.2. The number of rotatable bonds is 6. The summed E-state index contributed by atoms with van der Waals surface area (Å²) < 4.78 is 4.93. The lowest BCUT2D eigenvalue weighted by molar-refractivity contribution is -0.138. The Labute approximate surface area is 104 Å². The molecule has 17 heavy (non-hydrogen) atoms. The van der Waals surface area contributed by atoms with Gasteiger partial charge < -0.3 is 21.1 Å². The average molecular weight is 259 g/mol. The quantitative estimate of drug-likeness (QED) is 0.454. The molecule has 6 nitrogen and oxygen atoms in total. The van der Waals surface area contributed by atoms with Crippen LogP contribution in [-0.4, -0.2) is 43.2 Å². The second-order valence-corrected chi connectivity index (χ2v) is 4.43. The lowest BCUT2D eigenvalue weighted by Crippen LogP contribution is -2.44. The fraction of sp³-hybridized carbons (Fsp3) is 0.600. The van der Waals surface area contributed by atoms with Crippen LogP contribution < -0.4 is 16.4 Å². The number of amides is 2. The van der Waals surface area contributed by atoms with Crippen molar-refractivity contribution in [2.24, 2.45) is 5.73 Å². The minimum atomic E-state index is -0.386. The van der Waals surface area contributed by atoms with Gasteiger partial charge in [-0.1, -0.05) is 0 Å². The van der Waals surface area contributed by atoms with Gasteiger partial charge in [-0.3, -0.25) is 0 Å². The molecule has 1 heterocycles. The molecule has 1 aliphatic rings. The zero-order chi connectivity index (χ0) is 12.7. The summed E-state index contributed by atoms with van der Waals surface area (Å²) in [7, 11) is 0. The zero-order valence-corrected chi connectivity index (χ0v) is 10.6. The molecule has 0 aromatic rings. The largest absolute Gasteiger partial charge is 0.463 e. The van der Waals surface area contributed by atoms with E-state index in [4.69, 9.17) is 10.5 Å². The van der Waals surface area contributed by atoms with Crippen molar-refractivity contribution in [1.29, 1.82) is 0 Å². The molecule has 0 bridgehead atoms. The summed E-state index contributed by atoms with van der Waals surface area (Å²) in [6.07, 6.45) is 0. The van der Waals surface area contributed by atoms with Gasteiger partial charge in [0.25, 0.3) is 0 Å². The third kappa shape index (κ3) is 4.27. The molecule has 0 atom stereocenters. The molecule has 1 rings (SSSR count). The Kier molecular flexibility index (Phi) is 5.85. The second-order valence-electron chi connectivity index (χ2n) is 3.33. The topological polar surface area (TPSA) is 93.4 Å². The number of nitrogens with one attached hydrogen (secondary N) is 2. The third-order valence-corrected chi connectivity index (χ3v) is 3.10. The normalized spacial score (nSPS) is 15.3. The summed E-state index contributed by atoms with van der Waals surface area (Å²) in [6, 6.07) is -0.290. The van der Waals surface area contributed by atoms with Gasteiger partial charge in [0.05, 0.1) is 18.7 Å². The number of urea groups is 1. The predicted octanol–water partition coefficient (Wildman–Crippen LogP) is -0.192. The lowest BCUT2D eigenvalue weighted by Gasteiger charge is -2.21. The van der Waals surface area contributed by atoms with Gasteiger partial charge in [0.1, 0.15) is 0 Å². The molecule has 0 fully saturated rings. The summed E-state index contributed by atoms with van der Waals surface area (Å²) in [5.74, 6) is 0.949. The number of nitrogens with two attached hydrogens (primary N) is 1. The highest BCUT2D eigenvalue weighted by Crippen LogP contribution is 2.13. The van der Waals surface area contributed by atoms with E-state index in [2.05, 4.69) is 10.6 Å². The number of hydrogen-bond donors (Lipinski definition) is 3. The van der Waals surface area contributed by atoms with E-state index in [0.29, 0.717) is 30.2 Å². The van der Waals surface area contributed by atoms with Crippen LogP contribution in [0.3, 0.4) is 0 Å². The molecular weight excluding hydrogens is 242 g/mol. The van der Waals surface area contributed by atoms with Gasteiger partial charge >= 0.3 is 12.0 Å². The molecule has 96 valence electrons. The number of thioether (sulfide) groups is 1. The molecule has 0 aromatic carbocycles. The number of carbonyl (C=O) groups excluding carboxylic acids is 2. The second kappa shape index (κ2) is 7.18. The fourth-order valence-electron chi connectivity index (χ4n) is 1.33. The fourth-order valence-corrected chi connectivity index (χ4v) is 2.09. The van der Waals surface area contributed by atoms with E-state index in [1.54, 1.807) is 18.7 Å². The average Bonchev–Trinajstić information content (AvgIpc) is 2.30. The molecule has 0 saturated heterocycles. The lowest BCUT2D eigenvalue weighted by atomic mass is 10.2. The summed E-state index contributed by atoms with van der Waals surface area (Å²) in [6.45, 7) is 2.84. The number of ether oxygens (including phenoxy) is 1. The van der Waals surface area contributed by atoms with Gasteiger partial charge in [-0.25, -0.2) is 9.59 Å². The first-order chi connectivity index (χ1) is 8.19. The Morgan fingerprint density at radius 2 is 2.35 bits per heavy atom. The minimum absolute atomic E-state index is 0.211. The predicted molar refractivity (Wildman–Crippen MR) is 66.6 cm³/mol. The molecule has 1 aliphatic heterocycles. The van der Waals surface area contributed by atoms with Crippen molar-refractivity contribution in [2.75, 3.05) is 31.2 Å². The Morgan fingerprint density at radius 1 is 1.59 bits per heavy atom. The van der Waals surface area contributed by atoms with E-state index >= 15 is 0 Å². The Hall–Kier alpha value is -1.21. The van der Waals surface area contributed by atoms with Crippen LogP contribution in [0.15, 0.2) is 11.3 Å². The van der Waals surface area contributed by atoms with E-state index < -0.39 is 0 Å². The molecule has 0 saturated carbocycles. The first-order valence-electron chi connectivity index (χ1n) is 5.40. The standard InChI is InChI=1S/C10H17N3O3S/c1-2-16-9(14)7-5-12-10(15)13-8(7)6-17-4-3-11/h2-6,11H2,1H3,(H2,12,13,15). The minimum Gasteiger partial charge on any atom is -0.463 e. The van der Waals surface area contributed by atoms with E-state index in [1.807, 2.05) is 0 Å².